The smallest absolute Gasteiger partial charge is 0.212 e. The number of thiazole rings is 1. The van der Waals surface area contributed by atoms with E-state index in [-0.39, 0.29) is 46.9 Å². The molecule has 0 atom stereocenters. The van der Waals surface area contributed by atoms with Crippen LogP contribution >= 0.6 is 23.7 Å². The zero-order valence-electron chi connectivity index (χ0n) is 20.8. The molecule has 13 heteroatoms. The van der Waals surface area contributed by atoms with Gasteiger partial charge in [-0.15, -0.1) is 12.4 Å². The molecule has 8 nitrogen and oxygen atoms in total. The first-order chi connectivity index (χ1) is 16.3. The van der Waals surface area contributed by atoms with Crippen LogP contribution in [0.25, 0.3) is 0 Å². The highest BCUT2D eigenvalue weighted by atomic mass is 35.5. The number of aromatic nitrogens is 1. The van der Waals surface area contributed by atoms with Crippen LogP contribution < -0.4 is 15.8 Å². The van der Waals surface area contributed by atoms with Gasteiger partial charge in [0.25, 0.3) is 0 Å². The average Bonchev–Trinajstić information content (AvgIpc) is 3.07. The highest BCUT2D eigenvalue weighted by Gasteiger charge is 2.28. The van der Waals surface area contributed by atoms with Crippen molar-refractivity contribution < 1.29 is 22.0 Å². The Morgan fingerprint density at radius 3 is 2.25 bits per heavy atom. The monoisotopic (exact) mass is 565 g/mol. The summed E-state index contributed by atoms with van der Waals surface area (Å²) in [5.74, 6) is -2.66. The Bertz CT molecular complexity index is 1140. The van der Waals surface area contributed by atoms with Crippen LogP contribution in [0.5, 0.6) is 0 Å². The van der Waals surface area contributed by atoms with Gasteiger partial charge in [-0.3, -0.25) is 4.79 Å². The van der Waals surface area contributed by atoms with E-state index in [9.17, 15) is 22.0 Å². The number of rotatable bonds is 10. The van der Waals surface area contributed by atoms with Crippen LogP contribution in [0.1, 0.15) is 60.3 Å². The second-order valence-corrected chi connectivity index (χ2v) is 12.5. The molecule has 0 radical (unpaired) electrons. The summed E-state index contributed by atoms with van der Waals surface area (Å²) in [6.45, 7) is 4.06. The van der Waals surface area contributed by atoms with Crippen molar-refractivity contribution in [3.05, 3.63) is 39.8 Å². The summed E-state index contributed by atoms with van der Waals surface area (Å²) in [7, 11) is 0.245. The minimum absolute atomic E-state index is 0. The van der Waals surface area contributed by atoms with Crippen LogP contribution in [0.4, 0.5) is 19.7 Å². The van der Waals surface area contributed by atoms with Crippen molar-refractivity contribution in [1.29, 1.82) is 0 Å². The second kappa shape index (κ2) is 12.6. The van der Waals surface area contributed by atoms with E-state index < -0.39 is 33.0 Å². The molecular weight excluding hydrogens is 532 g/mol. The van der Waals surface area contributed by atoms with Gasteiger partial charge >= 0.3 is 0 Å². The van der Waals surface area contributed by atoms with Gasteiger partial charge < -0.3 is 16.0 Å². The Morgan fingerprint density at radius 2 is 1.72 bits per heavy atom. The summed E-state index contributed by atoms with van der Waals surface area (Å²) in [6.07, 6.45) is 2.73. The molecule has 1 aromatic carbocycles. The van der Waals surface area contributed by atoms with E-state index in [1.165, 1.54) is 0 Å². The van der Waals surface area contributed by atoms with Crippen molar-refractivity contribution in [2.45, 2.75) is 58.2 Å². The molecule has 4 N–H and O–H groups in total. The number of hydrogen-bond acceptors (Lipinski definition) is 8. The Kier molecular flexibility index (Phi) is 10.6. The standard InChI is InChI=1S/C23H33F2N5O3S2.ClH/c1-13(2)12-35(32,33)29-16-7-5-15(6-8-16)27-23-28-22(26)21(34-23)20(31)19-17(24)9-14(10-18(19)25)11-30(3)4;/h9-10,13,15-16,29H,5-8,11-12,26H2,1-4H3,(H,27,28);1H/t15-,16-;. The molecule has 1 aromatic heterocycles. The van der Waals surface area contributed by atoms with Gasteiger partial charge in [0.05, 0.1) is 11.3 Å². The van der Waals surface area contributed by atoms with Gasteiger partial charge in [-0.25, -0.2) is 26.9 Å². The summed E-state index contributed by atoms with van der Waals surface area (Å²) in [4.78, 5) is 18.8. The largest absolute Gasteiger partial charge is 0.382 e. The van der Waals surface area contributed by atoms with Gasteiger partial charge in [-0.1, -0.05) is 25.2 Å². The normalized spacial score (nSPS) is 18.3. The van der Waals surface area contributed by atoms with Crippen molar-refractivity contribution in [3.8, 4) is 0 Å². The second-order valence-electron chi connectivity index (χ2n) is 9.72. The first-order valence-corrected chi connectivity index (χ1v) is 14.0. The summed E-state index contributed by atoms with van der Waals surface area (Å²) in [5.41, 5.74) is 5.69. The average molecular weight is 566 g/mol. The molecule has 1 fully saturated rings. The lowest BCUT2D eigenvalue weighted by molar-refractivity contribution is 0.103. The lowest BCUT2D eigenvalue weighted by Gasteiger charge is -2.29. The minimum Gasteiger partial charge on any atom is -0.382 e. The van der Waals surface area contributed by atoms with E-state index in [4.69, 9.17) is 5.73 Å². The van der Waals surface area contributed by atoms with Crippen molar-refractivity contribution in [1.82, 2.24) is 14.6 Å². The Hall–Kier alpha value is -1.86. The number of sulfonamides is 1. The fourth-order valence-corrected chi connectivity index (χ4v) is 6.87. The first-order valence-electron chi connectivity index (χ1n) is 11.5. The molecule has 202 valence electrons. The molecule has 1 heterocycles. The van der Waals surface area contributed by atoms with Gasteiger partial charge in [0.1, 0.15) is 22.3 Å². The molecular formula is C23H34ClF2N5O3S2. The van der Waals surface area contributed by atoms with Gasteiger partial charge in [0.2, 0.25) is 15.8 Å². The molecule has 0 amide bonds. The molecule has 0 spiro atoms. The first kappa shape index (κ1) is 30.4. The third-order valence-electron chi connectivity index (χ3n) is 5.64. The van der Waals surface area contributed by atoms with Crippen molar-refractivity contribution >= 4 is 50.5 Å². The number of ketones is 1. The lowest BCUT2D eigenvalue weighted by atomic mass is 9.92. The number of carbonyl (C=O) groups excluding carboxylic acids is 1. The van der Waals surface area contributed by atoms with Gasteiger partial charge in [0.15, 0.2) is 5.13 Å². The molecule has 0 aliphatic heterocycles. The third kappa shape index (κ3) is 8.07. The highest BCUT2D eigenvalue weighted by Crippen LogP contribution is 2.32. The fourth-order valence-electron chi connectivity index (χ4n) is 4.24. The predicted octanol–water partition coefficient (Wildman–Crippen LogP) is 4.02. The molecule has 0 unspecified atom stereocenters. The number of nitrogens with one attached hydrogen (secondary N) is 2. The minimum atomic E-state index is -3.31. The Labute approximate surface area is 221 Å². The van der Waals surface area contributed by atoms with Crippen LogP contribution in [0.15, 0.2) is 12.1 Å². The Morgan fingerprint density at radius 1 is 1.17 bits per heavy atom. The highest BCUT2D eigenvalue weighted by molar-refractivity contribution is 7.89. The van der Waals surface area contributed by atoms with Crippen LogP contribution in [0, 0.1) is 17.6 Å². The lowest BCUT2D eigenvalue weighted by Crippen LogP contribution is -2.41. The quantitative estimate of drug-likeness (QED) is 0.372. The van der Waals surface area contributed by atoms with Crippen LogP contribution in [-0.2, 0) is 16.6 Å². The van der Waals surface area contributed by atoms with Crippen LogP contribution in [0.2, 0.25) is 0 Å². The van der Waals surface area contributed by atoms with E-state index in [1.807, 2.05) is 13.8 Å². The van der Waals surface area contributed by atoms with E-state index in [1.54, 1.807) is 19.0 Å². The molecule has 1 saturated carbocycles. The van der Waals surface area contributed by atoms with Crippen molar-refractivity contribution in [2.24, 2.45) is 5.92 Å². The van der Waals surface area contributed by atoms with E-state index in [0.717, 1.165) is 23.5 Å². The van der Waals surface area contributed by atoms with E-state index >= 15 is 0 Å². The zero-order valence-corrected chi connectivity index (χ0v) is 23.3. The zero-order chi connectivity index (χ0) is 25.9. The summed E-state index contributed by atoms with van der Waals surface area (Å²) < 4.78 is 56.4. The number of carbonyl (C=O) groups is 1. The maximum absolute atomic E-state index is 14.6. The molecule has 0 bridgehead atoms. The number of halogens is 3. The van der Waals surface area contributed by atoms with Gasteiger partial charge in [-0.05, 0) is 63.4 Å². The molecule has 1 aliphatic carbocycles. The third-order valence-corrected chi connectivity index (χ3v) is 8.44. The number of nitrogens with zero attached hydrogens (tertiary/aromatic N) is 2. The number of nitrogen functional groups attached to an aromatic ring is 1. The van der Waals surface area contributed by atoms with Gasteiger partial charge in [0, 0.05) is 18.6 Å². The summed E-state index contributed by atoms with van der Waals surface area (Å²) in [5, 5.41) is 3.62. The number of nitrogens with two attached hydrogens (primary N) is 1. The molecule has 1 aliphatic rings. The topological polar surface area (TPSA) is 117 Å². The molecule has 3 rings (SSSR count). The predicted molar refractivity (Wildman–Crippen MR) is 142 cm³/mol. The fraction of sp³-hybridized carbons (Fsp3) is 0.565. The van der Waals surface area contributed by atoms with E-state index in [0.29, 0.717) is 42.9 Å². The number of hydrogen-bond donors (Lipinski definition) is 3. The molecule has 36 heavy (non-hydrogen) atoms. The van der Waals surface area contributed by atoms with Gasteiger partial charge in [-0.2, -0.15) is 0 Å². The van der Waals surface area contributed by atoms with Crippen molar-refractivity contribution in [2.75, 3.05) is 30.9 Å². The van der Waals surface area contributed by atoms with Crippen molar-refractivity contribution in [3.63, 3.8) is 0 Å². The summed E-state index contributed by atoms with van der Waals surface area (Å²) >= 11 is 0.956. The van der Waals surface area contributed by atoms with E-state index in [2.05, 4.69) is 15.0 Å². The molecule has 0 saturated heterocycles. The maximum atomic E-state index is 14.6. The SMILES string of the molecule is CC(C)CS(=O)(=O)N[C@H]1CC[C@H](Nc2nc(N)c(C(=O)c3c(F)cc(CN(C)C)cc3F)s2)CC1.Cl. The Balaban J connectivity index is 0.00000456. The number of anilines is 2. The maximum Gasteiger partial charge on any atom is 0.212 e. The van der Waals surface area contributed by atoms with Crippen LogP contribution in [0.3, 0.4) is 0 Å². The number of benzene rings is 1. The van der Waals surface area contributed by atoms with Crippen LogP contribution in [-0.4, -0.2) is 56.0 Å². The molecule has 2 aromatic rings. The summed E-state index contributed by atoms with van der Waals surface area (Å²) in [6, 6.07) is 2.21.